The smallest absolute Gasteiger partial charge is 0.410 e. The molecule has 0 aromatic rings. The number of ether oxygens (including phenoxy) is 1. The molecular formula is C19H39IN6O3. The number of aliphatic imine (C=N–C) groups is 1. The van der Waals surface area contributed by atoms with Crippen molar-refractivity contribution in [1.82, 2.24) is 20.4 Å². The maximum atomic E-state index is 12.3. The zero-order valence-electron chi connectivity index (χ0n) is 18.5. The molecule has 0 radical (unpaired) electrons. The summed E-state index contributed by atoms with van der Waals surface area (Å²) in [5, 5.41) is 6.65. The molecule has 1 saturated heterocycles. The van der Waals surface area contributed by atoms with Gasteiger partial charge in [0, 0.05) is 38.8 Å². The van der Waals surface area contributed by atoms with E-state index in [0.29, 0.717) is 32.7 Å². The van der Waals surface area contributed by atoms with E-state index in [1.807, 2.05) is 34.6 Å². The quantitative estimate of drug-likeness (QED) is 0.268. The number of guanidine groups is 1. The Labute approximate surface area is 192 Å². The van der Waals surface area contributed by atoms with E-state index in [9.17, 15) is 9.59 Å². The first-order valence-electron chi connectivity index (χ1n) is 10.2. The van der Waals surface area contributed by atoms with Crippen molar-refractivity contribution in [3.8, 4) is 0 Å². The number of hydrogen-bond donors (Lipinski definition) is 3. The lowest BCUT2D eigenvalue weighted by atomic mass is 10.1. The molecule has 0 aliphatic carbocycles. The van der Waals surface area contributed by atoms with E-state index < -0.39 is 5.60 Å². The summed E-state index contributed by atoms with van der Waals surface area (Å²) >= 11 is 0. The first-order valence-corrected chi connectivity index (χ1v) is 10.2. The number of carbonyl (C=O) groups is 2. The minimum absolute atomic E-state index is 0. The van der Waals surface area contributed by atoms with Gasteiger partial charge in [-0.1, -0.05) is 6.92 Å². The van der Waals surface area contributed by atoms with Gasteiger partial charge in [-0.2, -0.15) is 0 Å². The number of rotatable bonds is 7. The highest BCUT2D eigenvalue weighted by molar-refractivity contribution is 14.0. The second-order valence-corrected chi connectivity index (χ2v) is 7.97. The highest BCUT2D eigenvalue weighted by Gasteiger charge is 2.23. The molecule has 0 aromatic heterocycles. The Kier molecular flexibility index (Phi) is 13.0. The molecule has 10 heteroatoms. The van der Waals surface area contributed by atoms with Gasteiger partial charge < -0.3 is 30.9 Å². The van der Waals surface area contributed by atoms with E-state index in [2.05, 4.69) is 15.6 Å². The Balaban J connectivity index is 0.00000784. The van der Waals surface area contributed by atoms with Gasteiger partial charge >= 0.3 is 12.1 Å². The molecule has 29 heavy (non-hydrogen) atoms. The molecule has 0 bridgehead atoms. The van der Waals surface area contributed by atoms with Crippen LogP contribution in [0.25, 0.3) is 0 Å². The van der Waals surface area contributed by atoms with E-state index in [-0.39, 0.29) is 42.1 Å². The van der Waals surface area contributed by atoms with E-state index in [1.165, 1.54) is 0 Å². The molecular weight excluding hydrogens is 487 g/mol. The molecule has 170 valence electrons. The minimum Gasteiger partial charge on any atom is -0.444 e. The fraction of sp³-hybridized carbons (Fsp3) is 0.842. The van der Waals surface area contributed by atoms with Gasteiger partial charge in [0.1, 0.15) is 5.60 Å². The van der Waals surface area contributed by atoms with Gasteiger partial charge in [-0.15, -0.1) is 24.0 Å². The number of primary amides is 1. The van der Waals surface area contributed by atoms with Crippen LogP contribution in [-0.2, 0) is 4.74 Å². The summed E-state index contributed by atoms with van der Waals surface area (Å²) < 4.78 is 5.47. The Hall–Kier alpha value is -1.46. The summed E-state index contributed by atoms with van der Waals surface area (Å²) in [6, 6.07) is -0.122. The summed E-state index contributed by atoms with van der Waals surface area (Å²) in [5.41, 5.74) is 4.82. The molecule has 0 unspecified atom stereocenters. The maximum Gasteiger partial charge on any atom is 0.410 e. The van der Waals surface area contributed by atoms with Crippen molar-refractivity contribution in [1.29, 1.82) is 0 Å². The first kappa shape index (κ1) is 27.5. The summed E-state index contributed by atoms with van der Waals surface area (Å²) in [7, 11) is 0. The highest BCUT2D eigenvalue weighted by Crippen LogP contribution is 2.11. The van der Waals surface area contributed by atoms with Crippen LogP contribution in [0, 0.1) is 0 Å². The van der Waals surface area contributed by atoms with Gasteiger partial charge in [0.05, 0.1) is 6.54 Å². The van der Waals surface area contributed by atoms with Crippen LogP contribution in [0.5, 0.6) is 0 Å². The molecule has 0 saturated carbocycles. The SMILES string of the molecule is CCCN(CCN=C(NCC)NC1CCN(C(N)=O)CC1)C(=O)OC(C)(C)C.I. The molecule has 1 heterocycles. The molecule has 4 N–H and O–H groups in total. The number of nitrogens with zero attached hydrogens (tertiary/aromatic N) is 3. The van der Waals surface area contributed by atoms with Crippen LogP contribution in [0.4, 0.5) is 9.59 Å². The molecule has 3 amide bonds. The zero-order valence-corrected chi connectivity index (χ0v) is 20.8. The average molecular weight is 526 g/mol. The topological polar surface area (TPSA) is 112 Å². The van der Waals surface area contributed by atoms with Crippen LogP contribution in [0.3, 0.4) is 0 Å². The largest absolute Gasteiger partial charge is 0.444 e. The predicted octanol–water partition coefficient (Wildman–Crippen LogP) is 2.35. The van der Waals surface area contributed by atoms with Gasteiger partial charge in [-0.25, -0.2) is 9.59 Å². The van der Waals surface area contributed by atoms with E-state index in [0.717, 1.165) is 31.8 Å². The zero-order chi connectivity index (χ0) is 21.2. The Morgan fingerprint density at radius 3 is 2.31 bits per heavy atom. The first-order chi connectivity index (χ1) is 13.2. The van der Waals surface area contributed by atoms with Gasteiger partial charge in [-0.05, 0) is 47.0 Å². The molecule has 1 fully saturated rings. The number of hydrogen-bond acceptors (Lipinski definition) is 4. The van der Waals surface area contributed by atoms with Gasteiger partial charge in [0.2, 0.25) is 0 Å². The fourth-order valence-electron chi connectivity index (χ4n) is 2.93. The van der Waals surface area contributed by atoms with Gasteiger partial charge in [0.25, 0.3) is 0 Å². The maximum absolute atomic E-state index is 12.3. The second-order valence-electron chi connectivity index (χ2n) is 7.97. The third-order valence-corrected chi connectivity index (χ3v) is 4.28. The summed E-state index contributed by atoms with van der Waals surface area (Å²) in [4.78, 5) is 31.5. The highest BCUT2D eigenvalue weighted by atomic mass is 127. The van der Waals surface area contributed by atoms with Crippen LogP contribution in [-0.4, -0.2) is 78.8 Å². The van der Waals surface area contributed by atoms with E-state index in [1.54, 1.807) is 9.80 Å². The Bertz CT molecular complexity index is 531. The normalized spacial score (nSPS) is 15.3. The van der Waals surface area contributed by atoms with Crippen molar-refractivity contribution in [2.24, 2.45) is 10.7 Å². The van der Waals surface area contributed by atoms with Crippen LogP contribution in [0.15, 0.2) is 4.99 Å². The molecule has 1 aliphatic rings. The van der Waals surface area contributed by atoms with Crippen LogP contribution < -0.4 is 16.4 Å². The number of nitrogens with two attached hydrogens (primary N) is 1. The van der Waals surface area contributed by atoms with Crippen molar-refractivity contribution < 1.29 is 14.3 Å². The van der Waals surface area contributed by atoms with Crippen molar-refractivity contribution in [2.75, 3.05) is 39.3 Å². The number of carbonyl (C=O) groups excluding carboxylic acids is 2. The number of piperidine rings is 1. The second kappa shape index (κ2) is 13.7. The molecule has 1 rings (SSSR count). The standard InChI is InChI=1S/C19H38N6O3.HI/c1-6-11-25(18(27)28-19(3,4)5)14-10-22-17(21-7-2)23-15-8-12-24(13-9-15)16(20)26;/h15H,6-14H2,1-5H3,(H2,20,26)(H2,21,22,23);1H. The number of likely N-dealkylation sites (tertiary alicyclic amines) is 1. The van der Waals surface area contributed by atoms with E-state index >= 15 is 0 Å². The summed E-state index contributed by atoms with van der Waals surface area (Å²) in [6.07, 6.45) is 2.21. The lowest BCUT2D eigenvalue weighted by Crippen LogP contribution is -2.50. The monoisotopic (exact) mass is 526 g/mol. The van der Waals surface area contributed by atoms with Crippen LogP contribution in [0.1, 0.15) is 53.9 Å². The van der Waals surface area contributed by atoms with Gasteiger partial charge in [0.15, 0.2) is 5.96 Å². The number of nitrogens with one attached hydrogen (secondary N) is 2. The van der Waals surface area contributed by atoms with Crippen molar-refractivity contribution in [2.45, 2.75) is 65.5 Å². The third-order valence-electron chi connectivity index (χ3n) is 4.28. The molecule has 0 aromatic carbocycles. The van der Waals surface area contributed by atoms with Crippen molar-refractivity contribution >= 4 is 42.1 Å². The van der Waals surface area contributed by atoms with Crippen LogP contribution >= 0.6 is 24.0 Å². The number of halogens is 1. The minimum atomic E-state index is -0.511. The summed E-state index contributed by atoms with van der Waals surface area (Å²) in [5.74, 6) is 0.723. The predicted molar refractivity (Wildman–Crippen MR) is 127 cm³/mol. The van der Waals surface area contributed by atoms with Crippen molar-refractivity contribution in [3.63, 3.8) is 0 Å². The average Bonchev–Trinajstić information content (AvgIpc) is 2.60. The lowest BCUT2D eigenvalue weighted by molar-refractivity contribution is 0.0256. The lowest BCUT2D eigenvalue weighted by Gasteiger charge is -2.32. The molecule has 0 spiro atoms. The van der Waals surface area contributed by atoms with E-state index in [4.69, 9.17) is 10.5 Å². The molecule has 1 aliphatic heterocycles. The van der Waals surface area contributed by atoms with Crippen LogP contribution in [0.2, 0.25) is 0 Å². The number of amides is 3. The fourth-order valence-corrected chi connectivity index (χ4v) is 2.93. The Morgan fingerprint density at radius 1 is 1.21 bits per heavy atom. The molecule has 9 nitrogen and oxygen atoms in total. The third kappa shape index (κ3) is 11.3. The number of urea groups is 1. The molecule has 0 atom stereocenters. The summed E-state index contributed by atoms with van der Waals surface area (Å²) in [6.45, 7) is 13.3. The Morgan fingerprint density at radius 2 is 1.83 bits per heavy atom. The van der Waals surface area contributed by atoms with Crippen molar-refractivity contribution in [3.05, 3.63) is 0 Å². The van der Waals surface area contributed by atoms with Gasteiger partial charge in [-0.3, -0.25) is 4.99 Å².